The molecule has 22 heavy (non-hydrogen) atoms. The first-order valence-corrected chi connectivity index (χ1v) is 9.33. The topological polar surface area (TPSA) is 66.5 Å². The van der Waals surface area contributed by atoms with E-state index in [1.54, 1.807) is 6.92 Å². The molecule has 1 unspecified atom stereocenters. The maximum absolute atomic E-state index is 13.2. The van der Waals surface area contributed by atoms with Crippen molar-refractivity contribution in [1.82, 2.24) is 4.90 Å². The molecule has 0 aromatic heterocycles. The van der Waals surface area contributed by atoms with E-state index >= 15 is 0 Å². The lowest BCUT2D eigenvalue weighted by Gasteiger charge is -2.29. The Balaban J connectivity index is 2.15. The van der Waals surface area contributed by atoms with Crippen LogP contribution in [0.25, 0.3) is 0 Å². The summed E-state index contributed by atoms with van der Waals surface area (Å²) in [5.41, 5.74) is 0.170. The molecule has 1 aliphatic carbocycles. The van der Waals surface area contributed by atoms with Crippen molar-refractivity contribution < 1.29 is 17.6 Å². The number of nitrogens with one attached hydrogen (secondary N) is 1. The van der Waals surface area contributed by atoms with Gasteiger partial charge in [-0.25, -0.2) is 17.6 Å². The van der Waals surface area contributed by atoms with Crippen molar-refractivity contribution in [1.29, 1.82) is 0 Å². The Kier molecular flexibility index (Phi) is 4.97. The van der Waals surface area contributed by atoms with E-state index in [-0.39, 0.29) is 22.5 Å². The lowest BCUT2D eigenvalue weighted by atomic mass is 10.3. The first-order valence-electron chi connectivity index (χ1n) is 6.89. The van der Waals surface area contributed by atoms with Crippen molar-refractivity contribution in [3.05, 3.63) is 29.0 Å². The van der Waals surface area contributed by atoms with Gasteiger partial charge in [0.25, 0.3) is 0 Å². The van der Waals surface area contributed by atoms with E-state index in [1.165, 1.54) is 17.0 Å². The molecule has 1 aromatic carbocycles. The summed E-state index contributed by atoms with van der Waals surface area (Å²) in [5, 5.41) is 2.78. The fraction of sp³-hybridized carbons (Fsp3) is 0.500. The molecular weight excluding hydrogens is 331 g/mol. The second-order valence-corrected chi connectivity index (χ2v) is 8.23. The summed E-state index contributed by atoms with van der Waals surface area (Å²) in [4.78, 5) is 13.9. The van der Waals surface area contributed by atoms with Gasteiger partial charge in [0.2, 0.25) is 0 Å². The maximum Gasteiger partial charge on any atom is 0.322 e. The third kappa shape index (κ3) is 4.58. The van der Waals surface area contributed by atoms with Crippen LogP contribution in [-0.4, -0.2) is 43.4 Å². The van der Waals surface area contributed by atoms with Gasteiger partial charge in [0, 0.05) is 18.3 Å². The monoisotopic (exact) mass is 348 g/mol. The molecule has 0 heterocycles. The number of halogens is 2. The minimum Gasteiger partial charge on any atom is -0.318 e. The molecule has 0 aliphatic heterocycles. The number of urea groups is 1. The highest BCUT2D eigenvalue weighted by Crippen LogP contribution is 2.30. The molecule has 1 aliphatic rings. The second kappa shape index (κ2) is 6.42. The molecule has 2 amide bonds. The Hall–Kier alpha value is -1.34. The van der Waals surface area contributed by atoms with Gasteiger partial charge in [0.1, 0.15) is 15.7 Å². The highest BCUT2D eigenvalue weighted by Gasteiger charge is 2.37. The van der Waals surface area contributed by atoms with E-state index in [4.69, 9.17) is 11.6 Å². The summed E-state index contributed by atoms with van der Waals surface area (Å²) in [6.45, 7) is 1.69. The molecule has 1 N–H and O–H groups in total. The van der Waals surface area contributed by atoms with Gasteiger partial charge >= 0.3 is 6.03 Å². The van der Waals surface area contributed by atoms with Crippen LogP contribution in [-0.2, 0) is 9.84 Å². The average molecular weight is 349 g/mol. The van der Waals surface area contributed by atoms with E-state index in [9.17, 15) is 17.6 Å². The van der Waals surface area contributed by atoms with Crippen LogP contribution in [0.4, 0.5) is 14.9 Å². The lowest BCUT2D eigenvalue weighted by molar-refractivity contribution is 0.194. The number of anilines is 1. The van der Waals surface area contributed by atoms with Crippen molar-refractivity contribution in [2.75, 3.05) is 17.3 Å². The molecule has 1 aromatic rings. The number of nitrogens with zero attached hydrogens (tertiary/aromatic N) is 1. The summed E-state index contributed by atoms with van der Waals surface area (Å²) < 4.78 is 36.1. The van der Waals surface area contributed by atoms with E-state index in [1.807, 2.05) is 0 Å². The zero-order chi connectivity index (χ0) is 16.5. The minimum atomic E-state index is -3.20. The first-order chi connectivity index (χ1) is 10.2. The molecule has 0 saturated heterocycles. The van der Waals surface area contributed by atoms with Gasteiger partial charge in [-0.15, -0.1) is 0 Å². The summed E-state index contributed by atoms with van der Waals surface area (Å²) in [6.07, 6.45) is 2.80. The second-order valence-electron chi connectivity index (χ2n) is 5.63. The van der Waals surface area contributed by atoms with E-state index in [0.29, 0.717) is 0 Å². The number of rotatable bonds is 5. The van der Waals surface area contributed by atoms with Gasteiger partial charge in [-0.2, -0.15) is 0 Å². The van der Waals surface area contributed by atoms with Crippen molar-refractivity contribution in [2.45, 2.75) is 31.8 Å². The molecule has 2 rings (SSSR count). The van der Waals surface area contributed by atoms with Gasteiger partial charge in [-0.05, 0) is 38.0 Å². The molecule has 1 atom stereocenters. The molecule has 5 nitrogen and oxygen atoms in total. The summed E-state index contributed by atoms with van der Waals surface area (Å²) >= 11 is 5.93. The highest BCUT2D eigenvalue weighted by atomic mass is 35.5. The first kappa shape index (κ1) is 17.0. The van der Waals surface area contributed by atoms with Crippen LogP contribution in [0.3, 0.4) is 0 Å². The Morgan fingerprint density at radius 1 is 1.50 bits per heavy atom. The number of hydrogen-bond acceptors (Lipinski definition) is 3. The van der Waals surface area contributed by atoms with Gasteiger partial charge in [-0.3, -0.25) is 0 Å². The van der Waals surface area contributed by atoms with Crippen molar-refractivity contribution >= 4 is 33.2 Å². The number of benzene rings is 1. The van der Waals surface area contributed by atoms with Crippen LogP contribution < -0.4 is 5.32 Å². The maximum atomic E-state index is 13.2. The Morgan fingerprint density at radius 2 is 2.14 bits per heavy atom. The molecule has 1 fully saturated rings. The lowest BCUT2D eigenvalue weighted by Crippen LogP contribution is -2.46. The Labute approximate surface area is 134 Å². The number of amides is 2. The number of sulfone groups is 1. The average Bonchev–Trinajstić information content (AvgIpc) is 3.16. The molecule has 0 radical (unpaired) electrons. The van der Waals surface area contributed by atoms with Crippen LogP contribution in [0.5, 0.6) is 0 Å². The van der Waals surface area contributed by atoms with Crippen molar-refractivity contribution in [3.8, 4) is 0 Å². The van der Waals surface area contributed by atoms with Crippen molar-refractivity contribution in [3.63, 3.8) is 0 Å². The summed E-state index contributed by atoms with van der Waals surface area (Å²) in [5.74, 6) is -0.629. The minimum absolute atomic E-state index is 0.0177. The van der Waals surface area contributed by atoms with Crippen LogP contribution >= 0.6 is 11.6 Å². The van der Waals surface area contributed by atoms with Gasteiger partial charge in [0.05, 0.1) is 16.5 Å². The number of hydrogen-bond donors (Lipinski definition) is 1. The van der Waals surface area contributed by atoms with Crippen LogP contribution in [0, 0.1) is 5.82 Å². The third-order valence-corrected chi connectivity index (χ3v) is 4.78. The largest absolute Gasteiger partial charge is 0.322 e. The predicted molar refractivity (Wildman–Crippen MR) is 84.5 cm³/mol. The van der Waals surface area contributed by atoms with Crippen LogP contribution in [0.1, 0.15) is 19.8 Å². The summed E-state index contributed by atoms with van der Waals surface area (Å²) in [7, 11) is -3.20. The van der Waals surface area contributed by atoms with E-state index in [2.05, 4.69) is 5.32 Å². The van der Waals surface area contributed by atoms with Gasteiger partial charge in [-0.1, -0.05) is 11.6 Å². The van der Waals surface area contributed by atoms with E-state index < -0.39 is 27.7 Å². The van der Waals surface area contributed by atoms with Gasteiger partial charge < -0.3 is 10.2 Å². The fourth-order valence-electron chi connectivity index (χ4n) is 2.37. The molecular formula is C14H18ClFN2O3S. The fourth-order valence-corrected chi connectivity index (χ4v) is 3.57. The number of carbonyl (C=O) groups is 1. The molecule has 122 valence electrons. The molecule has 8 heteroatoms. The standard InChI is InChI=1S/C14H18ClFN2O3S/c1-9(8-22(2,20)21)18(11-4-5-11)14(19)17-13-7-10(16)3-6-12(13)15/h3,6-7,9,11H,4-5,8H2,1-2H3,(H,17,19). The van der Waals surface area contributed by atoms with Gasteiger partial charge in [0.15, 0.2) is 0 Å². The SMILES string of the molecule is CC(CS(C)(=O)=O)N(C(=O)Nc1cc(F)ccc1Cl)C1CC1. The van der Waals surface area contributed by atoms with Crippen LogP contribution in [0.2, 0.25) is 5.02 Å². The zero-order valence-corrected chi connectivity index (χ0v) is 13.9. The smallest absolute Gasteiger partial charge is 0.318 e. The highest BCUT2D eigenvalue weighted by molar-refractivity contribution is 7.90. The van der Waals surface area contributed by atoms with Crippen molar-refractivity contribution in [2.24, 2.45) is 0 Å². The predicted octanol–water partition coefficient (Wildman–Crippen LogP) is 2.91. The summed E-state index contributed by atoms with van der Waals surface area (Å²) in [6, 6.07) is 2.77. The zero-order valence-electron chi connectivity index (χ0n) is 12.3. The molecule has 1 saturated carbocycles. The number of carbonyl (C=O) groups excluding carboxylic acids is 1. The Morgan fingerprint density at radius 3 is 2.68 bits per heavy atom. The van der Waals surface area contributed by atoms with E-state index in [0.717, 1.165) is 25.2 Å². The molecule has 0 bridgehead atoms. The third-order valence-electron chi connectivity index (χ3n) is 3.36. The quantitative estimate of drug-likeness (QED) is 0.889. The Bertz CT molecular complexity index is 677. The van der Waals surface area contributed by atoms with Crippen LogP contribution in [0.15, 0.2) is 18.2 Å². The molecule has 0 spiro atoms. The normalized spacial score (nSPS) is 16.2.